The van der Waals surface area contributed by atoms with Gasteiger partial charge in [-0.05, 0) is 56.7 Å². The highest BCUT2D eigenvalue weighted by Gasteiger charge is 2.46. The molecule has 1 aliphatic rings. The normalized spacial score (nSPS) is 15.4. The Labute approximate surface area is 315 Å². The van der Waals surface area contributed by atoms with Crippen LogP contribution in [-0.2, 0) is 38.2 Å². The van der Waals surface area contributed by atoms with E-state index < -0.39 is 54.9 Å². The number of nitrogens with zero attached hydrogens (tertiary/aromatic N) is 1. The van der Waals surface area contributed by atoms with Gasteiger partial charge in [0.05, 0.1) is 24.6 Å². The van der Waals surface area contributed by atoms with Crippen molar-refractivity contribution in [3.05, 3.63) is 91.0 Å². The van der Waals surface area contributed by atoms with Crippen molar-refractivity contribution in [1.29, 1.82) is 0 Å². The average Bonchev–Trinajstić information content (AvgIpc) is 3.45. The minimum atomic E-state index is -2.16. The fourth-order valence-electron chi connectivity index (χ4n) is 6.18. The van der Waals surface area contributed by atoms with E-state index in [-0.39, 0.29) is 56.6 Å². The number of nitrogens with one attached hydrogen (secondary N) is 2. The summed E-state index contributed by atoms with van der Waals surface area (Å²) in [4.78, 5) is 77.9. The summed E-state index contributed by atoms with van der Waals surface area (Å²) in [5.74, 6) is -3.20. The highest BCUT2D eigenvalue weighted by molar-refractivity contribution is 8.00. The number of thioether (sulfide) groups is 1. The van der Waals surface area contributed by atoms with E-state index in [1.165, 1.54) is 20.8 Å². The predicted octanol–water partition coefficient (Wildman–Crippen LogP) is 2.07. The predicted molar refractivity (Wildman–Crippen MR) is 208 cm³/mol. The lowest BCUT2D eigenvalue weighted by Crippen LogP contribution is -2.50. The molecule has 14 heteroatoms. The molecule has 0 saturated carbocycles. The van der Waals surface area contributed by atoms with Crippen LogP contribution in [0.1, 0.15) is 39.5 Å². The Morgan fingerprint density at radius 3 is 1.94 bits per heavy atom. The number of benzene rings is 3. The first-order valence-electron chi connectivity index (χ1n) is 17.8. The molecule has 0 spiro atoms. The molecule has 1 heterocycles. The monoisotopic (exact) mass is 763 g/mol. The lowest BCUT2D eigenvalue weighted by atomic mass is 10.1. The number of carbonyl (C=O) groups excluding carboxylic acids is 6. The molecular formula is C39H48N4O8PS+. The molecule has 0 bridgehead atoms. The number of hydrogen-bond donors (Lipinski definition) is 3. The summed E-state index contributed by atoms with van der Waals surface area (Å²) in [6.45, 7) is 3.39. The molecule has 0 aliphatic carbocycles. The molecule has 282 valence electrons. The van der Waals surface area contributed by atoms with Gasteiger partial charge in [-0.1, -0.05) is 54.6 Å². The third-order valence-electron chi connectivity index (χ3n) is 8.77. The summed E-state index contributed by atoms with van der Waals surface area (Å²) in [7, 11) is -2.16. The van der Waals surface area contributed by atoms with E-state index in [4.69, 9.17) is 15.2 Å². The van der Waals surface area contributed by atoms with Crippen LogP contribution >= 0.6 is 19.0 Å². The van der Waals surface area contributed by atoms with Crippen molar-refractivity contribution < 1.29 is 38.2 Å². The minimum absolute atomic E-state index is 0.0120. The molecule has 1 fully saturated rings. The fraction of sp³-hybridized carbons (Fsp3) is 0.385. The number of esters is 2. The van der Waals surface area contributed by atoms with Crippen LogP contribution in [0.4, 0.5) is 0 Å². The second-order valence-electron chi connectivity index (χ2n) is 12.3. The number of amides is 4. The van der Waals surface area contributed by atoms with Gasteiger partial charge >= 0.3 is 11.9 Å². The van der Waals surface area contributed by atoms with E-state index in [0.29, 0.717) is 6.42 Å². The Balaban J connectivity index is 1.44. The summed E-state index contributed by atoms with van der Waals surface area (Å²) in [5.41, 5.74) is 5.82. The SMILES string of the molecule is CCOC(=O)CNC(=O)[C@H](CSC1CC(=O)N(CCC[P+](c2ccccc2)(c2ccccc2)c2ccccc2)C1=O)NC(=O)CC[C@H](N)C(=O)OCC. The Morgan fingerprint density at radius 1 is 0.868 bits per heavy atom. The molecule has 3 atom stereocenters. The van der Waals surface area contributed by atoms with E-state index in [2.05, 4.69) is 47.0 Å². The molecular weight excluding hydrogens is 715 g/mol. The van der Waals surface area contributed by atoms with Crippen LogP contribution in [0.15, 0.2) is 91.0 Å². The van der Waals surface area contributed by atoms with E-state index in [1.807, 2.05) is 54.6 Å². The molecule has 1 unspecified atom stereocenters. The molecule has 4 amide bonds. The molecule has 53 heavy (non-hydrogen) atoms. The van der Waals surface area contributed by atoms with Crippen LogP contribution in [0.5, 0.6) is 0 Å². The molecule has 4 N–H and O–H groups in total. The van der Waals surface area contributed by atoms with Gasteiger partial charge in [0.15, 0.2) is 0 Å². The Hall–Kier alpha value is -4.58. The van der Waals surface area contributed by atoms with Gasteiger partial charge in [-0.25, -0.2) is 0 Å². The van der Waals surface area contributed by atoms with Gasteiger partial charge in [0.1, 0.15) is 41.8 Å². The van der Waals surface area contributed by atoms with Crippen LogP contribution < -0.4 is 32.3 Å². The first-order chi connectivity index (χ1) is 25.6. The van der Waals surface area contributed by atoms with Crippen molar-refractivity contribution in [3.63, 3.8) is 0 Å². The first-order valence-corrected chi connectivity index (χ1v) is 20.8. The van der Waals surface area contributed by atoms with Gasteiger partial charge in [0, 0.05) is 31.6 Å². The van der Waals surface area contributed by atoms with Crippen molar-refractivity contribution in [2.75, 3.05) is 38.2 Å². The maximum absolute atomic E-state index is 13.7. The van der Waals surface area contributed by atoms with Crippen LogP contribution in [0.25, 0.3) is 0 Å². The van der Waals surface area contributed by atoms with Gasteiger partial charge < -0.3 is 25.8 Å². The van der Waals surface area contributed by atoms with Crippen LogP contribution in [0.2, 0.25) is 0 Å². The standard InChI is InChI=1S/C39H47N4O8PS/c1-3-50-36(46)26-41-37(47)32(42-34(44)22-21-31(40)39(49)51-4-2)27-53-33-25-35(45)43(38(33)48)23-14-24-52(28-15-8-5-9-16-28,29-17-10-6-11-18-29)30-19-12-7-13-20-30/h5-13,15-20,31-33H,3-4,14,21-27,40H2,1-2H3,(H-,41,42,44,47)/p+1/t31-,32-,33?/m0/s1. The lowest BCUT2D eigenvalue weighted by molar-refractivity contribution is -0.145. The molecule has 3 aromatic carbocycles. The van der Waals surface area contributed by atoms with Gasteiger partial charge in [-0.2, -0.15) is 0 Å². The zero-order valence-corrected chi connectivity index (χ0v) is 31.8. The third kappa shape index (κ3) is 11.2. The smallest absolute Gasteiger partial charge is 0.325 e. The van der Waals surface area contributed by atoms with Crippen LogP contribution in [0.3, 0.4) is 0 Å². The molecule has 1 saturated heterocycles. The summed E-state index contributed by atoms with van der Waals surface area (Å²) >= 11 is 1.09. The van der Waals surface area contributed by atoms with E-state index >= 15 is 0 Å². The topological polar surface area (TPSA) is 174 Å². The van der Waals surface area contributed by atoms with Crippen molar-refractivity contribution >= 4 is 70.5 Å². The van der Waals surface area contributed by atoms with Crippen LogP contribution in [-0.4, -0.2) is 96.0 Å². The minimum Gasteiger partial charge on any atom is -0.465 e. The fourth-order valence-corrected chi connectivity index (χ4v) is 11.7. The number of likely N-dealkylation sites (tertiary alicyclic amines) is 1. The Kier molecular flexibility index (Phi) is 16.0. The summed E-state index contributed by atoms with van der Waals surface area (Å²) < 4.78 is 9.76. The number of ether oxygens (including phenoxy) is 2. The van der Waals surface area contributed by atoms with E-state index in [0.717, 1.165) is 17.9 Å². The largest absolute Gasteiger partial charge is 0.465 e. The molecule has 1 aliphatic heterocycles. The second kappa shape index (κ2) is 20.6. The van der Waals surface area contributed by atoms with E-state index in [9.17, 15) is 28.8 Å². The number of imide groups is 1. The van der Waals surface area contributed by atoms with Gasteiger partial charge in [0.25, 0.3) is 0 Å². The summed E-state index contributed by atoms with van der Waals surface area (Å²) in [5, 5.41) is 7.95. The number of rotatable bonds is 20. The van der Waals surface area contributed by atoms with E-state index in [1.54, 1.807) is 13.8 Å². The third-order valence-corrected chi connectivity index (χ3v) is 14.6. The summed E-state index contributed by atoms with van der Waals surface area (Å²) in [6, 6.07) is 29.0. The van der Waals surface area contributed by atoms with Gasteiger partial charge in [0.2, 0.25) is 23.6 Å². The van der Waals surface area contributed by atoms with Crippen molar-refractivity contribution in [3.8, 4) is 0 Å². The van der Waals surface area contributed by atoms with Crippen molar-refractivity contribution in [1.82, 2.24) is 15.5 Å². The maximum atomic E-state index is 13.7. The first kappa shape index (κ1) is 41.2. The lowest BCUT2D eigenvalue weighted by Gasteiger charge is -2.28. The van der Waals surface area contributed by atoms with Gasteiger partial charge in [-0.15, -0.1) is 11.8 Å². The van der Waals surface area contributed by atoms with Gasteiger partial charge in [-0.3, -0.25) is 33.7 Å². The molecule has 0 radical (unpaired) electrons. The Bertz CT molecular complexity index is 1600. The highest BCUT2D eigenvalue weighted by Crippen LogP contribution is 2.55. The quantitative estimate of drug-likeness (QED) is 0.0879. The van der Waals surface area contributed by atoms with Crippen LogP contribution in [0, 0.1) is 0 Å². The number of hydrogen-bond acceptors (Lipinski definition) is 10. The molecule has 4 rings (SSSR count). The summed E-state index contributed by atoms with van der Waals surface area (Å²) in [6.07, 6.45) is 1.08. The molecule has 3 aromatic rings. The zero-order chi connectivity index (χ0) is 38.2. The zero-order valence-electron chi connectivity index (χ0n) is 30.1. The average molecular weight is 764 g/mol. The van der Waals surface area contributed by atoms with Crippen molar-refractivity contribution in [2.45, 2.75) is 56.9 Å². The maximum Gasteiger partial charge on any atom is 0.325 e. The molecule has 0 aromatic heterocycles. The number of carbonyl (C=O) groups is 6. The number of nitrogens with two attached hydrogens (primary N) is 1. The second-order valence-corrected chi connectivity index (χ2v) is 17.2. The molecule has 12 nitrogen and oxygen atoms in total. The Morgan fingerprint density at radius 2 is 1.42 bits per heavy atom. The van der Waals surface area contributed by atoms with Crippen molar-refractivity contribution in [2.24, 2.45) is 5.73 Å². The highest BCUT2D eigenvalue weighted by atomic mass is 32.2.